The molecule has 27 heavy (non-hydrogen) atoms. The Bertz CT molecular complexity index is 1070. The van der Waals surface area contributed by atoms with Gasteiger partial charge in [0.1, 0.15) is 18.8 Å². The number of nitro benzene ring substituents is 1. The van der Waals surface area contributed by atoms with E-state index in [9.17, 15) is 14.9 Å². The smallest absolute Gasteiger partial charge is 0.307 e. The van der Waals surface area contributed by atoms with Crippen LogP contribution in [-0.2, 0) is 0 Å². The van der Waals surface area contributed by atoms with Crippen LogP contribution in [-0.4, -0.2) is 30.3 Å². The van der Waals surface area contributed by atoms with E-state index >= 15 is 0 Å². The van der Waals surface area contributed by atoms with E-state index in [0.29, 0.717) is 35.7 Å². The van der Waals surface area contributed by atoms with Crippen molar-refractivity contribution in [2.45, 2.75) is 0 Å². The summed E-state index contributed by atoms with van der Waals surface area (Å²) in [6.07, 6.45) is 1.46. The first-order valence-electron chi connectivity index (χ1n) is 8.01. The topological polar surface area (TPSA) is 116 Å². The van der Waals surface area contributed by atoms with Gasteiger partial charge in [-0.3, -0.25) is 14.9 Å². The van der Waals surface area contributed by atoms with Gasteiger partial charge in [0.2, 0.25) is 0 Å². The molecule has 0 radical (unpaired) electrons. The summed E-state index contributed by atoms with van der Waals surface area (Å²) in [5, 5.41) is 15.2. The highest BCUT2D eigenvalue weighted by molar-refractivity contribution is 5.97. The third-order valence-corrected chi connectivity index (χ3v) is 3.88. The second-order valence-corrected chi connectivity index (χ2v) is 5.69. The summed E-state index contributed by atoms with van der Waals surface area (Å²) in [6.45, 7) is 0.992. The van der Waals surface area contributed by atoms with Crippen molar-refractivity contribution >= 4 is 28.8 Å². The van der Waals surface area contributed by atoms with Gasteiger partial charge in [0, 0.05) is 17.5 Å². The van der Waals surface area contributed by atoms with E-state index in [1.807, 2.05) is 0 Å². The average Bonchev–Trinajstić information content (AvgIpc) is 3.11. The first kappa shape index (κ1) is 16.6. The molecule has 0 saturated heterocycles. The van der Waals surface area contributed by atoms with Crippen molar-refractivity contribution in [3.63, 3.8) is 0 Å². The van der Waals surface area contributed by atoms with Gasteiger partial charge >= 0.3 is 5.91 Å². The van der Waals surface area contributed by atoms with Crippen molar-refractivity contribution in [1.82, 2.24) is 5.43 Å². The third kappa shape index (κ3) is 3.43. The Balaban J connectivity index is 1.46. The number of non-ortho nitro benzene ring substituents is 1. The Kier molecular flexibility index (Phi) is 4.17. The second kappa shape index (κ2) is 6.79. The number of carbonyl (C=O) groups is 1. The summed E-state index contributed by atoms with van der Waals surface area (Å²) in [7, 11) is 0. The molecule has 1 N–H and O–H groups in total. The minimum absolute atomic E-state index is 0.00447. The molecule has 0 saturated carbocycles. The van der Waals surface area contributed by atoms with Crippen LogP contribution in [0.4, 0.5) is 5.69 Å². The van der Waals surface area contributed by atoms with Gasteiger partial charge in [0.25, 0.3) is 5.69 Å². The summed E-state index contributed by atoms with van der Waals surface area (Å²) in [6, 6.07) is 10.8. The molecule has 1 aromatic heterocycles. The van der Waals surface area contributed by atoms with Crippen molar-refractivity contribution < 1.29 is 23.6 Å². The summed E-state index contributed by atoms with van der Waals surface area (Å²) in [5.74, 6) is 0.724. The van der Waals surface area contributed by atoms with Crippen LogP contribution in [0.25, 0.3) is 11.0 Å². The normalized spacial score (nSPS) is 13.0. The van der Waals surface area contributed by atoms with E-state index in [2.05, 4.69) is 10.5 Å². The quantitative estimate of drug-likeness (QED) is 0.430. The van der Waals surface area contributed by atoms with Crippen LogP contribution in [0.15, 0.2) is 52.0 Å². The van der Waals surface area contributed by atoms with Crippen molar-refractivity contribution in [2.24, 2.45) is 5.10 Å². The molecule has 3 aromatic rings. The number of fused-ring (bicyclic) bond motifs is 2. The molecule has 2 heterocycles. The number of nitrogens with zero attached hydrogens (tertiary/aromatic N) is 2. The van der Waals surface area contributed by atoms with Crippen LogP contribution < -0.4 is 14.9 Å². The highest BCUT2D eigenvalue weighted by Gasteiger charge is 2.15. The predicted octanol–water partition coefficient (Wildman–Crippen LogP) is 2.88. The molecular weight excluding hydrogens is 354 g/mol. The molecule has 1 amide bonds. The monoisotopic (exact) mass is 367 g/mol. The van der Waals surface area contributed by atoms with Crippen molar-refractivity contribution in [3.8, 4) is 11.5 Å². The molecule has 9 nitrogen and oxygen atoms in total. The number of amides is 1. The zero-order chi connectivity index (χ0) is 18.8. The molecule has 2 aromatic carbocycles. The first-order chi connectivity index (χ1) is 13.1. The minimum atomic E-state index is -0.567. The molecule has 0 spiro atoms. The predicted molar refractivity (Wildman–Crippen MR) is 95.4 cm³/mol. The molecule has 1 aliphatic heterocycles. The summed E-state index contributed by atoms with van der Waals surface area (Å²) in [4.78, 5) is 22.5. The number of furan rings is 1. The lowest BCUT2D eigenvalue weighted by Gasteiger charge is -2.18. The summed E-state index contributed by atoms with van der Waals surface area (Å²) >= 11 is 0. The molecular formula is C18H13N3O6. The van der Waals surface area contributed by atoms with Crippen molar-refractivity contribution in [3.05, 3.63) is 63.9 Å². The Morgan fingerprint density at radius 1 is 1.11 bits per heavy atom. The number of nitro groups is 1. The van der Waals surface area contributed by atoms with Crippen LogP contribution in [0.2, 0.25) is 0 Å². The SMILES string of the molecule is O=C(N/N=C/c1ccc2c(c1)OCCO2)c1cc2cc([N+](=O)[O-])ccc2o1. The average molecular weight is 367 g/mol. The highest BCUT2D eigenvalue weighted by atomic mass is 16.6. The van der Waals surface area contributed by atoms with Gasteiger partial charge in [-0.2, -0.15) is 5.10 Å². The fraction of sp³-hybridized carbons (Fsp3) is 0.111. The van der Waals surface area contributed by atoms with Gasteiger partial charge in [0.15, 0.2) is 17.3 Å². The van der Waals surface area contributed by atoms with E-state index in [1.54, 1.807) is 18.2 Å². The molecule has 0 aliphatic carbocycles. The van der Waals surface area contributed by atoms with E-state index in [1.165, 1.54) is 30.5 Å². The van der Waals surface area contributed by atoms with E-state index in [4.69, 9.17) is 13.9 Å². The third-order valence-electron chi connectivity index (χ3n) is 3.88. The number of carbonyl (C=O) groups excluding carboxylic acids is 1. The van der Waals surface area contributed by atoms with Gasteiger partial charge < -0.3 is 13.9 Å². The van der Waals surface area contributed by atoms with Gasteiger partial charge in [-0.1, -0.05) is 0 Å². The maximum absolute atomic E-state index is 12.2. The number of ether oxygens (including phenoxy) is 2. The minimum Gasteiger partial charge on any atom is -0.486 e. The lowest BCUT2D eigenvalue weighted by molar-refractivity contribution is -0.384. The number of nitrogens with one attached hydrogen (secondary N) is 1. The second-order valence-electron chi connectivity index (χ2n) is 5.69. The van der Waals surface area contributed by atoms with Crippen molar-refractivity contribution in [1.29, 1.82) is 0 Å². The Morgan fingerprint density at radius 3 is 2.74 bits per heavy atom. The molecule has 9 heteroatoms. The van der Waals surface area contributed by atoms with Gasteiger partial charge in [-0.25, -0.2) is 5.43 Å². The maximum Gasteiger partial charge on any atom is 0.307 e. The lowest BCUT2D eigenvalue weighted by Crippen LogP contribution is -2.17. The zero-order valence-corrected chi connectivity index (χ0v) is 13.9. The Hall–Kier alpha value is -3.88. The number of hydrogen-bond donors (Lipinski definition) is 1. The molecule has 1 aliphatic rings. The summed E-state index contributed by atoms with van der Waals surface area (Å²) < 4.78 is 16.3. The Morgan fingerprint density at radius 2 is 1.93 bits per heavy atom. The van der Waals surface area contributed by atoms with E-state index in [0.717, 1.165) is 5.56 Å². The van der Waals surface area contributed by atoms with Crippen LogP contribution in [0.5, 0.6) is 11.5 Å². The fourth-order valence-corrected chi connectivity index (χ4v) is 2.62. The highest BCUT2D eigenvalue weighted by Crippen LogP contribution is 2.30. The number of hydrazone groups is 1. The van der Waals surface area contributed by atoms with Crippen molar-refractivity contribution in [2.75, 3.05) is 13.2 Å². The standard InChI is InChI=1S/C18H13N3O6/c22-18(17-9-12-8-13(21(23)24)2-4-14(12)27-17)20-19-10-11-1-3-15-16(7-11)26-6-5-25-15/h1-4,7-10H,5-6H2,(H,20,22)/b19-10+. The molecule has 0 fully saturated rings. The van der Waals surface area contributed by atoms with E-state index < -0.39 is 10.8 Å². The van der Waals surface area contributed by atoms with Gasteiger partial charge in [-0.05, 0) is 35.9 Å². The van der Waals surface area contributed by atoms with E-state index in [-0.39, 0.29) is 11.4 Å². The molecule has 4 rings (SSSR count). The number of benzene rings is 2. The molecule has 0 unspecified atom stereocenters. The van der Waals surface area contributed by atoms with Crippen LogP contribution >= 0.6 is 0 Å². The largest absolute Gasteiger partial charge is 0.486 e. The van der Waals surface area contributed by atoms with Gasteiger partial charge in [0.05, 0.1) is 11.1 Å². The Labute approximate surface area is 152 Å². The van der Waals surface area contributed by atoms with Crippen LogP contribution in [0, 0.1) is 10.1 Å². The van der Waals surface area contributed by atoms with Crippen LogP contribution in [0.1, 0.15) is 16.1 Å². The lowest BCUT2D eigenvalue weighted by atomic mass is 10.2. The zero-order valence-electron chi connectivity index (χ0n) is 13.9. The molecule has 136 valence electrons. The fourth-order valence-electron chi connectivity index (χ4n) is 2.62. The molecule has 0 bridgehead atoms. The first-order valence-corrected chi connectivity index (χ1v) is 8.01. The number of hydrogen-bond acceptors (Lipinski definition) is 7. The number of rotatable bonds is 4. The summed E-state index contributed by atoms with van der Waals surface area (Å²) in [5.41, 5.74) is 3.38. The van der Waals surface area contributed by atoms with Gasteiger partial charge in [-0.15, -0.1) is 0 Å². The van der Waals surface area contributed by atoms with Crippen LogP contribution in [0.3, 0.4) is 0 Å². The molecule has 0 atom stereocenters. The maximum atomic E-state index is 12.2.